The van der Waals surface area contributed by atoms with Gasteiger partial charge in [0.2, 0.25) is 0 Å². The van der Waals surface area contributed by atoms with Crippen LogP contribution in [0.3, 0.4) is 0 Å². The lowest BCUT2D eigenvalue weighted by molar-refractivity contribution is 0.170. The third kappa shape index (κ3) is 3.86. The summed E-state index contributed by atoms with van der Waals surface area (Å²) in [6, 6.07) is 11.9. The highest BCUT2D eigenvalue weighted by molar-refractivity contribution is 5.81. The maximum atomic E-state index is 5.92. The molecule has 0 bridgehead atoms. The Hall–Kier alpha value is -3.19. The molecule has 0 saturated heterocycles. The second kappa shape index (κ2) is 8.45. The van der Waals surface area contributed by atoms with Crippen LogP contribution in [-0.4, -0.2) is 44.7 Å². The minimum atomic E-state index is 0.580. The third-order valence-corrected chi connectivity index (χ3v) is 4.97. The monoisotopic (exact) mass is 395 g/mol. The largest absolute Gasteiger partial charge is 0.497 e. The van der Waals surface area contributed by atoms with Crippen LogP contribution in [0.4, 0.5) is 11.5 Å². The zero-order chi connectivity index (χ0) is 20.2. The van der Waals surface area contributed by atoms with Crippen LogP contribution < -0.4 is 19.5 Å². The summed E-state index contributed by atoms with van der Waals surface area (Å²) in [7, 11) is 5.00. The minimum absolute atomic E-state index is 0.580. The molecule has 1 aliphatic rings. The number of hydrogen-bond acceptors (Lipinski definition) is 6. The fraction of sp³-hybridized carbons (Fsp3) is 0.318. The number of aromatic nitrogens is 2. The Morgan fingerprint density at radius 1 is 1.03 bits per heavy atom. The Labute approximate surface area is 169 Å². The first kappa shape index (κ1) is 19.1. The van der Waals surface area contributed by atoms with E-state index in [1.54, 1.807) is 21.3 Å². The first-order valence-corrected chi connectivity index (χ1v) is 9.54. The number of hydrogen-bond donors (Lipinski definition) is 2. The Kier molecular flexibility index (Phi) is 5.57. The van der Waals surface area contributed by atoms with Crippen molar-refractivity contribution in [2.75, 3.05) is 39.9 Å². The van der Waals surface area contributed by atoms with Gasteiger partial charge in [0.25, 0.3) is 0 Å². The summed E-state index contributed by atoms with van der Waals surface area (Å²) >= 11 is 0. The summed E-state index contributed by atoms with van der Waals surface area (Å²) < 4.78 is 21.8. The Balaban J connectivity index is 1.57. The number of ether oxygens (including phenoxy) is 4. The third-order valence-electron chi connectivity index (χ3n) is 4.97. The fourth-order valence-electron chi connectivity index (χ4n) is 3.53. The standard InChI is InChI=1S/C22H25N3O4/c1-26-8-5-9-29-20-11-14-10-18-21(17(14)13-19(20)28-3)24-25-22(18)23-15-6-4-7-16(12-15)27-2/h4,6-7,11-13H,5,8-10H2,1-3H3,(H2,23,24,25). The van der Waals surface area contributed by atoms with Gasteiger partial charge in [-0.25, -0.2) is 0 Å². The van der Waals surface area contributed by atoms with Gasteiger partial charge in [-0.3, -0.25) is 5.10 Å². The van der Waals surface area contributed by atoms with Gasteiger partial charge in [-0.15, -0.1) is 0 Å². The highest BCUT2D eigenvalue weighted by atomic mass is 16.5. The van der Waals surface area contributed by atoms with Crippen LogP contribution in [0.15, 0.2) is 36.4 Å². The molecule has 0 radical (unpaired) electrons. The maximum Gasteiger partial charge on any atom is 0.161 e. The lowest BCUT2D eigenvalue weighted by atomic mass is 10.1. The number of nitrogens with zero attached hydrogens (tertiary/aromatic N) is 1. The molecule has 0 amide bonds. The van der Waals surface area contributed by atoms with E-state index in [4.69, 9.17) is 18.9 Å². The summed E-state index contributed by atoms with van der Waals surface area (Å²) in [6.07, 6.45) is 1.60. The summed E-state index contributed by atoms with van der Waals surface area (Å²) in [5.74, 6) is 3.14. The number of anilines is 2. The van der Waals surface area contributed by atoms with Crippen molar-refractivity contribution < 1.29 is 18.9 Å². The average Bonchev–Trinajstić information content (AvgIpc) is 3.30. The fourth-order valence-corrected chi connectivity index (χ4v) is 3.53. The first-order chi connectivity index (χ1) is 14.2. The van der Waals surface area contributed by atoms with Crippen molar-refractivity contribution in [1.82, 2.24) is 10.2 Å². The van der Waals surface area contributed by atoms with Crippen molar-refractivity contribution in [2.24, 2.45) is 0 Å². The van der Waals surface area contributed by atoms with Gasteiger partial charge in [-0.1, -0.05) is 6.07 Å². The smallest absolute Gasteiger partial charge is 0.161 e. The predicted molar refractivity (Wildman–Crippen MR) is 112 cm³/mol. The first-order valence-electron chi connectivity index (χ1n) is 9.54. The molecule has 0 spiro atoms. The van der Waals surface area contributed by atoms with Gasteiger partial charge in [0.1, 0.15) is 11.6 Å². The molecule has 4 rings (SSSR count). The Morgan fingerprint density at radius 3 is 2.72 bits per heavy atom. The number of fused-ring (bicyclic) bond motifs is 3. The summed E-state index contributed by atoms with van der Waals surface area (Å²) in [4.78, 5) is 0. The van der Waals surface area contributed by atoms with Crippen LogP contribution in [0, 0.1) is 0 Å². The van der Waals surface area contributed by atoms with Crippen molar-refractivity contribution >= 4 is 11.5 Å². The van der Waals surface area contributed by atoms with Gasteiger partial charge < -0.3 is 24.3 Å². The van der Waals surface area contributed by atoms with Crippen molar-refractivity contribution in [3.8, 4) is 28.5 Å². The van der Waals surface area contributed by atoms with Gasteiger partial charge in [0.15, 0.2) is 11.5 Å². The molecule has 0 unspecified atom stereocenters. The van der Waals surface area contributed by atoms with Crippen LogP contribution in [-0.2, 0) is 11.2 Å². The number of H-pyrrole nitrogens is 1. The molecule has 2 N–H and O–H groups in total. The molecule has 0 atom stereocenters. The topological polar surface area (TPSA) is 77.6 Å². The molecule has 152 valence electrons. The average molecular weight is 395 g/mol. The summed E-state index contributed by atoms with van der Waals surface area (Å²) in [5.41, 5.74) is 5.24. The van der Waals surface area contributed by atoms with Gasteiger partial charge in [0.05, 0.1) is 26.5 Å². The van der Waals surface area contributed by atoms with Crippen LogP contribution >= 0.6 is 0 Å². The molecule has 7 nitrogen and oxygen atoms in total. The number of methoxy groups -OCH3 is 3. The van der Waals surface area contributed by atoms with Crippen LogP contribution in [0.1, 0.15) is 17.5 Å². The summed E-state index contributed by atoms with van der Waals surface area (Å²) in [5, 5.41) is 11.1. The van der Waals surface area contributed by atoms with Gasteiger partial charge >= 0.3 is 0 Å². The van der Waals surface area contributed by atoms with Crippen LogP contribution in [0.25, 0.3) is 11.3 Å². The maximum absolute atomic E-state index is 5.92. The lowest BCUT2D eigenvalue weighted by Crippen LogP contribution is -2.03. The minimum Gasteiger partial charge on any atom is -0.497 e. The molecular weight excluding hydrogens is 370 g/mol. The molecule has 1 aromatic heterocycles. The van der Waals surface area contributed by atoms with Crippen LogP contribution in [0.5, 0.6) is 17.2 Å². The predicted octanol–water partition coefficient (Wildman–Crippen LogP) is 4.16. The molecule has 1 aliphatic carbocycles. The normalized spacial score (nSPS) is 11.7. The molecule has 29 heavy (non-hydrogen) atoms. The van der Waals surface area contributed by atoms with Gasteiger partial charge in [0, 0.05) is 49.4 Å². The molecule has 0 aliphatic heterocycles. The molecule has 7 heteroatoms. The van der Waals surface area contributed by atoms with E-state index < -0.39 is 0 Å². The van der Waals surface area contributed by atoms with Crippen LogP contribution in [0.2, 0.25) is 0 Å². The highest BCUT2D eigenvalue weighted by Gasteiger charge is 2.27. The van der Waals surface area contributed by atoms with Gasteiger partial charge in [-0.2, -0.15) is 5.10 Å². The summed E-state index contributed by atoms with van der Waals surface area (Å²) in [6.45, 7) is 1.25. The van der Waals surface area contributed by atoms with E-state index in [1.165, 1.54) is 5.56 Å². The SMILES string of the molecule is COCCCOc1cc2c(cc1OC)-c1n[nH]c(Nc3cccc(OC)c3)c1C2. The molecular formula is C22H25N3O4. The zero-order valence-electron chi connectivity index (χ0n) is 16.9. The lowest BCUT2D eigenvalue weighted by Gasteiger charge is -2.13. The molecule has 0 saturated carbocycles. The molecule has 3 aromatic rings. The molecule has 0 fully saturated rings. The second-order valence-electron chi connectivity index (χ2n) is 6.81. The number of aromatic amines is 1. The van der Waals surface area contributed by atoms with E-state index in [9.17, 15) is 0 Å². The number of nitrogens with one attached hydrogen (secondary N) is 2. The Morgan fingerprint density at radius 2 is 1.93 bits per heavy atom. The second-order valence-corrected chi connectivity index (χ2v) is 6.81. The van der Waals surface area contributed by atoms with Crippen molar-refractivity contribution in [2.45, 2.75) is 12.8 Å². The van der Waals surface area contributed by atoms with Crippen molar-refractivity contribution in [3.63, 3.8) is 0 Å². The Bertz CT molecular complexity index is 1000. The van der Waals surface area contributed by atoms with E-state index >= 15 is 0 Å². The van der Waals surface area contributed by atoms with E-state index in [2.05, 4.69) is 21.6 Å². The highest BCUT2D eigenvalue weighted by Crippen LogP contribution is 2.44. The molecule has 2 aromatic carbocycles. The molecule has 1 heterocycles. The van der Waals surface area contributed by atoms with E-state index in [0.717, 1.165) is 52.7 Å². The number of rotatable bonds is 9. The quantitative estimate of drug-likeness (QED) is 0.415. The van der Waals surface area contributed by atoms with Crippen molar-refractivity contribution in [1.29, 1.82) is 0 Å². The van der Waals surface area contributed by atoms with Crippen molar-refractivity contribution in [3.05, 3.63) is 47.5 Å². The van der Waals surface area contributed by atoms with E-state index in [-0.39, 0.29) is 0 Å². The van der Waals surface area contributed by atoms with E-state index in [1.807, 2.05) is 30.3 Å². The van der Waals surface area contributed by atoms with Gasteiger partial charge in [-0.05, 0) is 29.8 Å². The van der Waals surface area contributed by atoms with E-state index in [0.29, 0.717) is 19.0 Å². The number of benzene rings is 2. The zero-order valence-corrected chi connectivity index (χ0v) is 16.9.